The largest absolute Gasteiger partial charge is 0.455 e. The first-order valence-electron chi connectivity index (χ1n) is 22.7. The van der Waals surface area contributed by atoms with Crippen molar-refractivity contribution in [3.8, 4) is 23.0 Å². The Balaban J connectivity index is 1.07. The highest BCUT2D eigenvalue weighted by molar-refractivity contribution is 7.88. The number of nitrogens with zero attached hydrogens (tertiary/aromatic N) is 4. The minimum absolute atomic E-state index is 0.456. The van der Waals surface area contributed by atoms with Crippen LogP contribution in [0.3, 0.4) is 0 Å². The first-order valence-corrected chi connectivity index (χ1v) is 26.1. The summed E-state index contributed by atoms with van der Waals surface area (Å²) in [7, 11) is -7.50. The lowest BCUT2D eigenvalue weighted by Gasteiger charge is -2.48. The molecule has 6 aliphatic rings. The van der Waals surface area contributed by atoms with Crippen LogP contribution in [-0.2, 0) is 9.13 Å². The fourth-order valence-corrected chi connectivity index (χ4v) is 19.1. The number of ether oxygens (including phenoxy) is 2. The third-order valence-corrected chi connectivity index (χ3v) is 20.9. The molecule has 6 aliphatic heterocycles. The number of hydrogen-bond donors (Lipinski definition) is 0. The highest BCUT2D eigenvalue weighted by Gasteiger charge is 2.57. The van der Waals surface area contributed by atoms with E-state index in [2.05, 4.69) is 129 Å². The summed E-state index contributed by atoms with van der Waals surface area (Å²) < 4.78 is 49.6. The van der Waals surface area contributed by atoms with Crippen molar-refractivity contribution in [2.24, 2.45) is 0 Å². The SMILES string of the molecule is O=P12c3c4cccc3N(c3ccccc3)c3cccc(c31)N(c1ccccc1)c1cc3cc5c6c(c3c(c12)O4)Oc1cccc2c1P6(=O)c1c(cccc1N5c1ccccc1)N2c1ccccc1. The van der Waals surface area contributed by atoms with Crippen LogP contribution in [0.1, 0.15) is 0 Å². The number of rotatable bonds is 4. The topological polar surface area (TPSA) is 65.6 Å². The van der Waals surface area contributed by atoms with Gasteiger partial charge in [0.2, 0.25) is 0 Å². The van der Waals surface area contributed by atoms with E-state index in [0.29, 0.717) is 49.6 Å². The zero-order chi connectivity index (χ0) is 44.6. The van der Waals surface area contributed by atoms with Crippen LogP contribution in [0.5, 0.6) is 23.0 Å². The van der Waals surface area contributed by atoms with Gasteiger partial charge in [0.25, 0.3) is 0 Å². The lowest BCUT2D eigenvalue weighted by molar-refractivity contribution is 0.475. The van der Waals surface area contributed by atoms with E-state index in [1.54, 1.807) is 0 Å². The molecule has 0 radical (unpaired) electrons. The number of anilines is 12. The molecule has 0 amide bonds. The second-order valence-corrected chi connectivity index (χ2v) is 23.0. The Labute approximate surface area is 390 Å². The predicted octanol–water partition coefficient (Wildman–Crippen LogP) is 13.5. The Morgan fingerprint density at radius 1 is 0.294 bits per heavy atom. The smallest absolute Gasteiger partial charge is 0.186 e. The average Bonchev–Trinajstić information content (AvgIpc) is 3.37. The molecular weight excluding hydrogens is 879 g/mol. The van der Waals surface area contributed by atoms with Gasteiger partial charge in [0.1, 0.15) is 11.5 Å². The Morgan fingerprint density at radius 2 is 0.588 bits per heavy atom. The third kappa shape index (κ3) is 4.30. The molecule has 0 N–H and O–H groups in total. The normalized spacial score (nSPS) is 18.6. The van der Waals surface area contributed by atoms with E-state index in [9.17, 15) is 0 Å². The maximum absolute atomic E-state index is 17.4. The van der Waals surface area contributed by atoms with Gasteiger partial charge in [0, 0.05) is 22.7 Å². The fraction of sp³-hybridized carbons (Fsp3) is 0. The first kappa shape index (κ1) is 36.9. The molecule has 0 spiro atoms. The Bertz CT molecular complexity index is 3760. The molecule has 320 valence electrons. The van der Waals surface area contributed by atoms with Crippen LogP contribution in [0.2, 0.25) is 0 Å². The maximum Gasteiger partial charge on any atom is 0.186 e. The van der Waals surface area contributed by atoms with E-state index in [4.69, 9.17) is 9.47 Å². The molecule has 6 heterocycles. The molecule has 2 unspecified atom stereocenters. The molecule has 10 aromatic carbocycles. The van der Waals surface area contributed by atoms with Crippen molar-refractivity contribution in [3.63, 3.8) is 0 Å². The van der Waals surface area contributed by atoms with Gasteiger partial charge < -0.3 is 38.2 Å². The number of benzene rings is 10. The molecule has 8 nitrogen and oxygen atoms in total. The second kappa shape index (κ2) is 12.8. The standard InChI is InChI=1S/C58H34N4O4P2/c63-67-53-40-25-13-27-42(53)61(38-21-9-3-10-22-38)46-33-35-34-47-58-52(50(35)51(57(46)67)65-48-31-15-29-44(55(48)67)59(40)36-17-5-1-6-18-36)66-49-32-16-30-45-56(49)68(58,64)54-41(60(45)37-19-7-2-8-20-37)26-14-28-43(54)62(47)39-23-11-4-12-24-39/h1-34H. The van der Waals surface area contributed by atoms with E-state index in [0.717, 1.165) is 84.2 Å². The number of para-hydroxylation sites is 4. The second-order valence-electron chi connectivity index (χ2n) is 17.9. The summed E-state index contributed by atoms with van der Waals surface area (Å²) in [6, 6.07) is 69.9. The third-order valence-electron chi connectivity index (χ3n) is 14.5. The van der Waals surface area contributed by atoms with E-state index in [1.807, 2.05) is 97.1 Å². The van der Waals surface area contributed by atoms with E-state index >= 15 is 9.13 Å². The molecule has 10 heteroatoms. The maximum atomic E-state index is 17.4. The molecule has 16 rings (SSSR count). The summed E-state index contributed by atoms with van der Waals surface area (Å²) >= 11 is 0. The molecule has 0 fully saturated rings. The van der Waals surface area contributed by atoms with Gasteiger partial charge in [0.15, 0.2) is 25.8 Å². The predicted molar refractivity (Wildman–Crippen MR) is 276 cm³/mol. The average molecular weight is 913 g/mol. The summed E-state index contributed by atoms with van der Waals surface area (Å²) in [6.45, 7) is 0. The van der Waals surface area contributed by atoms with Crippen molar-refractivity contribution in [1.29, 1.82) is 0 Å². The number of hydrogen-bond acceptors (Lipinski definition) is 8. The summed E-state index contributed by atoms with van der Waals surface area (Å²) in [6.07, 6.45) is 0. The number of fused-ring (bicyclic) bond motifs is 3. The zero-order valence-electron chi connectivity index (χ0n) is 35.9. The summed E-state index contributed by atoms with van der Waals surface area (Å²) in [5.74, 6) is 1.96. The van der Waals surface area contributed by atoms with Gasteiger partial charge in [-0.05, 0) is 115 Å². The lowest BCUT2D eigenvalue weighted by atomic mass is 10.0. The van der Waals surface area contributed by atoms with Crippen LogP contribution < -0.4 is 60.9 Å². The van der Waals surface area contributed by atoms with Crippen molar-refractivity contribution in [3.05, 3.63) is 206 Å². The van der Waals surface area contributed by atoms with Crippen molar-refractivity contribution in [1.82, 2.24) is 0 Å². The van der Waals surface area contributed by atoms with E-state index in [1.165, 1.54) is 0 Å². The molecule has 0 saturated carbocycles. The Morgan fingerprint density at radius 3 is 0.926 bits per heavy atom. The van der Waals surface area contributed by atoms with Gasteiger partial charge in [0.05, 0.1) is 82.7 Å². The first-order chi connectivity index (χ1) is 33.5. The Kier molecular flexibility index (Phi) is 6.93. The van der Waals surface area contributed by atoms with Gasteiger partial charge in [-0.3, -0.25) is 0 Å². The fourth-order valence-electron chi connectivity index (χ4n) is 12.0. The molecule has 0 saturated heterocycles. The minimum atomic E-state index is -3.75. The van der Waals surface area contributed by atoms with Crippen LogP contribution in [-0.4, -0.2) is 0 Å². The van der Waals surface area contributed by atoms with Gasteiger partial charge in [-0.1, -0.05) is 97.1 Å². The zero-order valence-corrected chi connectivity index (χ0v) is 37.7. The van der Waals surface area contributed by atoms with Gasteiger partial charge in [-0.25, -0.2) is 0 Å². The molecule has 0 bridgehead atoms. The molecular formula is C58H34N4O4P2. The van der Waals surface area contributed by atoms with Gasteiger partial charge in [-0.2, -0.15) is 0 Å². The molecule has 0 aliphatic carbocycles. The van der Waals surface area contributed by atoms with Crippen LogP contribution in [0.15, 0.2) is 206 Å². The summed E-state index contributed by atoms with van der Waals surface area (Å²) in [5.41, 5.74) is 10.3. The highest BCUT2D eigenvalue weighted by atomic mass is 31.2. The minimum Gasteiger partial charge on any atom is -0.455 e. The highest BCUT2D eigenvalue weighted by Crippen LogP contribution is 2.70. The molecule has 68 heavy (non-hydrogen) atoms. The van der Waals surface area contributed by atoms with Crippen LogP contribution in [0, 0.1) is 0 Å². The summed E-state index contributed by atoms with van der Waals surface area (Å²) in [4.78, 5) is 8.92. The Hall–Kier alpha value is -8.28. The molecule has 2 atom stereocenters. The van der Waals surface area contributed by atoms with Crippen LogP contribution >= 0.6 is 14.3 Å². The van der Waals surface area contributed by atoms with Gasteiger partial charge in [-0.15, -0.1) is 0 Å². The van der Waals surface area contributed by atoms with E-state index in [-0.39, 0.29) is 0 Å². The van der Waals surface area contributed by atoms with E-state index < -0.39 is 14.3 Å². The van der Waals surface area contributed by atoms with Gasteiger partial charge >= 0.3 is 0 Å². The lowest BCUT2D eigenvalue weighted by Crippen LogP contribution is -2.46. The summed E-state index contributed by atoms with van der Waals surface area (Å²) in [5, 5.41) is 5.49. The van der Waals surface area contributed by atoms with Crippen molar-refractivity contribution >= 4 is 125 Å². The molecule has 10 aromatic rings. The monoisotopic (exact) mass is 912 g/mol. The van der Waals surface area contributed by atoms with Crippen molar-refractivity contribution in [2.45, 2.75) is 0 Å². The molecule has 0 aromatic heterocycles. The van der Waals surface area contributed by atoms with Crippen LogP contribution in [0.25, 0.3) is 10.8 Å². The van der Waals surface area contributed by atoms with Crippen LogP contribution in [0.4, 0.5) is 68.2 Å². The van der Waals surface area contributed by atoms with Crippen molar-refractivity contribution < 1.29 is 18.6 Å². The van der Waals surface area contributed by atoms with Crippen molar-refractivity contribution in [2.75, 3.05) is 19.6 Å². The quantitative estimate of drug-likeness (QED) is 0.162.